The van der Waals surface area contributed by atoms with Gasteiger partial charge in [0.25, 0.3) is 0 Å². The lowest BCUT2D eigenvalue weighted by Crippen LogP contribution is -1.66. The van der Waals surface area contributed by atoms with Gasteiger partial charge in [-0.1, -0.05) is 17.7 Å². The molecular weight excluding hydrogens is 176 g/mol. The van der Waals surface area contributed by atoms with Crippen molar-refractivity contribution in [3.05, 3.63) is 41.1 Å². The molecule has 0 nitrogen and oxygen atoms in total. The van der Waals surface area contributed by atoms with Crippen LogP contribution in [0.3, 0.4) is 0 Å². The molecule has 2 heteroatoms. The zero-order chi connectivity index (χ0) is 7.84. The Balaban J connectivity index is 2.86. The van der Waals surface area contributed by atoms with Gasteiger partial charge >= 0.3 is 0 Å². The highest BCUT2D eigenvalue weighted by Gasteiger charge is 1.98. The predicted molar refractivity (Wildman–Crippen MR) is 51.3 cm³/mol. The van der Waals surface area contributed by atoms with Crippen LogP contribution in [0, 0.1) is 6.92 Å². The maximum Gasteiger partial charge on any atom is 0.0420 e. The van der Waals surface area contributed by atoms with Crippen LogP contribution < -0.4 is 0 Å². The molecule has 2 rings (SSSR count). The first-order chi connectivity index (χ1) is 5.27. The topological polar surface area (TPSA) is 0 Å². The zero-order valence-corrected chi connectivity index (χ0v) is 7.38. The first-order valence-corrected chi connectivity index (χ1v) is 4.52. The van der Waals surface area contributed by atoms with Crippen LogP contribution in [-0.2, 0) is 0 Å². The van der Waals surface area contributed by atoms with Crippen molar-refractivity contribution in [3.63, 3.8) is 0 Å². The SMILES string of the molecule is [CH2]c1csc2cc(Cl)ccc12. The first-order valence-electron chi connectivity index (χ1n) is 3.26. The van der Waals surface area contributed by atoms with E-state index in [0.717, 1.165) is 10.6 Å². The summed E-state index contributed by atoms with van der Waals surface area (Å²) in [5.74, 6) is 0. The third kappa shape index (κ3) is 1.15. The molecule has 0 saturated heterocycles. The Morgan fingerprint density at radius 3 is 3.00 bits per heavy atom. The van der Waals surface area contributed by atoms with E-state index >= 15 is 0 Å². The van der Waals surface area contributed by atoms with Gasteiger partial charge in [-0.3, -0.25) is 0 Å². The first kappa shape index (κ1) is 7.14. The van der Waals surface area contributed by atoms with Crippen LogP contribution in [0.1, 0.15) is 5.56 Å². The molecule has 1 aromatic heterocycles. The highest BCUT2D eigenvalue weighted by Crippen LogP contribution is 2.27. The summed E-state index contributed by atoms with van der Waals surface area (Å²) in [4.78, 5) is 0. The molecule has 0 spiro atoms. The third-order valence-corrected chi connectivity index (χ3v) is 2.85. The summed E-state index contributed by atoms with van der Waals surface area (Å²) in [6.07, 6.45) is 0. The van der Waals surface area contributed by atoms with E-state index in [1.54, 1.807) is 11.3 Å². The van der Waals surface area contributed by atoms with Gasteiger partial charge < -0.3 is 0 Å². The Morgan fingerprint density at radius 1 is 1.36 bits per heavy atom. The van der Waals surface area contributed by atoms with E-state index in [0.29, 0.717) is 0 Å². The molecule has 2 aromatic rings. The fourth-order valence-corrected chi connectivity index (χ4v) is 2.21. The van der Waals surface area contributed by atoms with Gasteiger partial charge in [-0.05, 0) is 35.4 Å². The van der Waals surface area contributed by atoms with E-state index in [9.17, 15) is 0 Å². The van der Waals surface area contributed by atoms with Gasteiger partial charge in [0.15, 0.2) is 0 Å². The molecule has 0 bridgehead atoms. The number of hydrogen-bond acceptors (Lipinski definition) is 1. The molecule has 0 N–H and O–H groups in total. The second-order valence-electron chi connectivity index (χ2n) is 2.40. The van der Waals surface area contributed by atoms with Crippen LogP contribution in [-0.4, -0.2) is 0 Å². The number of rotatable bonds is 0. The Labute approximate surface area is 74.4 Å². The van der Waals surface area contributed by atoms with Crippen molar-refractivity contribution in [3.8, 4) is 0 Å². The maximum absolute atomic E-state index is 5.81. The minimum absolute atomic E-state index is 0.791. The van der Waals surface area contributed by atoms with Gasteiger partial charge in [0.05, 0.1) is 0 Å². The molecule has 0 aliphatic carbocycles. The third-order valence-electron chi connectivity index (χ3n) is 1.62. The van der Waals surface area contributed by atoms with Crippen molar-refractivity contribution >= 4 is 33.0 Å². The van der Waals surface area contributed by atoms with Crippen molar-refractivity contribution in [2.75, 3.05) is 0 Å². The van der Waals surface area contributed by atoms with Gasteiger partial charge in [0, 0.05) is 9.72 Å². The molecule has 1 heterocycles. The van der Waals surface area contributed by atoms with Gasteiger partial charge in [0.2, 0.25) is 0 Å². The van der Waals surface area contributed by atoms with E-state index in [1.807, 2.05) is 23.6 Å². The van der Waals surface area contributed by atoms with Gasteiger partial charge in [-0.2, -0.15) is 0 Å². The van der Waals surface area contributed by atoms with Crippen LogP contribution in [0.25, 0.3) is 10.1 Å². The number of benzene rings is 1. The van der Waals surface area contributed by atoms with Crippen molar-refractivity contribution in [2.24, 2.45) is 0 Å². The zero-order valence-electron chi connectivity index (χ0n) is 5.80. The largest absolute Gasteiger partial charge is 0.143 e. The van der Waals surface area contributed by atoms with Gasteiger partial charge in [0.1, 0.15) is 0 Å². The van der Waals surface area contributed by atoms with Crippen molar-refractivity contribution in [1.29, 1.82) is 0 Å². The Bertz CT molecular complexity index is 389. The molecule has 0 aliphatic rings. The van der Waals surface area contributed by atoms with E-state index in [-0.39, 0.29) is 0 Å². The maximum atomic E-state index is 5.81. The smallest absolute Gasteiger partial charge is 0.0420 e. The molecular formula is C9H6ClS. The van der Waals surface area contributed by atoms with Crippen molar-refractivity contribution in [2.45, 2.75) is 0 Å². The number of hydrogen-bond donors (Lipinski definition) is 0. The molecule has 0 unspecified atom stereocenters. The fourth-order valence-electron chi connectivity index (χ4n) is 1.06. The quantitative estimate of drug-likeness (QED) is 0.581. The summed E-state index contributed by atoms with van der Waals surface area (Å²) in [5.41, 5.74) is 1.08. The molecule has 0 amide bonds. The van der Waals surface area contributed by atoms with Crippen molar-refractivity contribution in [1.82, 2.24) is 0 Å². The monoisotopic (exact) mass is 181 g/mol. The summed E-state index contributed by atoms with van der Waals surface area (Å²) < 4.78 is 1.21. The van der Waals surface area contributed by atoms with E-state index in [2.05, 4.69) is 6.92 Å². The Morgan fingerprint density at radius 2 is 2.18 bits per heavy atom. The predicted octanol–water partition coefficient (Wildman–Crippen LogP) is 3.74. The van der Waals surface area contributed by atoms with Gasteiger partial charge in [-0.25, -0.2) is 0 Å². The molecule has 1 radical (unpaired) electrons. The summed E-state index contributed by atoms with van der Waals surface area (Å²) in [6.45, 7) is 3.91. The number of fused-ring (bicyclic) bond motifs is 1. The molecule has 0 fully saturated rings. The molecule has 11 heavy (non-hydrogen) atoms. The Kier molecular flexibility index (Phi) is 1.63. The minimum atomic E-state index is 0.791. The molecule has 0 aliphatic heterocycles. The fraction of sp³-hybridized carbons (Fsp3) is 0. The highest BCUT2D eigenvalue weighted by molar-refractivity contribution is 7.17. The van der Waals surface area contributed by atoms with Gasteiger partial charge in [-0.15, -0.1) is 11.3 Å². The van der Waals surface area contributed by atoms with Crippen LogP contribution in [0.2, 0.25) is 5.02 Å². The lowest BCUT2D eigenvalue weighted by atomic mass is 10.2. The molecule has 1 aromatic carbocycles. The molecule has 55 valence electrons. The van der Waals surface area contributed by atoms with Crippen LogP contribution in [0.15, 0.2) is 23.6 Å². The van der Waals surface area contributed by atoms with Crippen molar-refractivity contribution < 1.29 is 0 Å². The number of thiophene rings is 1. The normalized spacial score (nSPS) is 10.7. The minimum Gasteiger partial charge on any atom is -0.143 e. The lowest BCUT2D eigenvalue weighted by molar-refractivity contribution is 1.79. The van der Waals surface area contributed by atoms with Crippen LogP contribution in [0.5, 0.6) is 0 Å². The summed E-state index contributed by atoms with van der Waals surface area (Å²) >= 11 is 7.50. The molecule has 0 saturated carbocycles. The van der Waals surface area contributed by atoms with Crippen LogP contribution >= 0.6 is 22.9 Å². The summed E-state index contributed by atoms with van der Waals surface area (Å²) in [5, 5.41) is 4.04. The second-order valence-corrected chi connectivity index (χ2v) is 3.75. The van der Waals surface area contributed by atoms with Crippen LogP contribution in [0.4, 0.5) is 0 Å². The van der Waals surface area contributed by atoms with E-state index < -0.39 is 0 Å². The Hall–Kier alpha value is -0.530. The van der Waals surface area contributed by atoms with E-state index in [1.165, 1.54) is 10.1 Å². The standard InChI is InChI=1S/C9H6ClS/c1-6-5-11-9-4-7(10)2-3-8(6)9/h2-5H,1H2. The summed E-state index contributed by atoms with van der Waals surface area (Å²) in [6, 6.07) is 5.87. The highest BCUT2D eigenvalue weighted by atomic mass is 35.5. The van der Waals surface area contributed by atoms with E-state index in [4.69, 9.17) is 11.6 Å². The summed E-state index contributed by atoms with van der Waals surface area (Å²) in [7, 11) is 0. The average molecular weight is 182 g/mol. The lowest BCUT2D eigenvalue weighted by Gasteiger charge is -1.90. The average Bonchev–Trinajstić information content (AvgIpc) is 2.32. The molecule has 0 atom stereocenters. The second kappa shape index (κ2) is 2.50. The number of halogens is 1.